The third-order valence-corrected chi connectivity index (χ3v) is 3.35. The molecule has 0 aliphatic rings. The van der Waals surface area contributed by atoms with Crippen LogP contribution in [-0.4, -0.2) is 18.1 Å². The largest absolute Gasteiger partial charge is 0.506 e. The van der Waals surface area contributed by atoms with Crippen LogP contribution in [0.4, 0.5) is 0 Å². The van der Waals surface area contributed by atoms with E-state index in [2.05, 4.69) is 0 Å². The van der Waals surface area contributed by atoms with Gasteiger partial charge < -0.3 is 5.11 Å². The SMILES string of the molecule is Cc1cc2ccccc2c(S(=O)(=O)O)c1O. The van der Waals surface area contributed by atoms with Crippen molar-refractivity contribution in [3.8, 4) is 5.75 Å². The zero-order valence-electron chi connectivity index (χ0n) is 8.51. The minimum absolute atomic E-state index is 0.313. The van der Waals surface area contributed by atoms with Gasteiger partial charge in [-0.1, -0.05) is 24.3 Å². The van der Waals surface area contributed by atoms with E-state index in [9.17, 15) is 13.5 Å². The fourth-order valence-corrected chi connectivity index (χ4v) is 2.57. The summed E-state index contributed by atoms with van der Waals surface area (Å²) in [6, 6.07) is 8.33. The number of benzene rings is 2. The molecule has 0 spiro atoms. The third kappa shape index (κ3) is 1.64. The highest BCUT2D eigenvalue weighted by molar-refractivity contribution is 7.86. The van der Waals surface area contributed by atoms with E-state index < -0.39 is 20.8 Å². The van der Waals surface area contributed by atoms with E-state index in [1.165, 1.54) is 6.07 Å². The van der Waals surface area contributed by atoms with Crippen LogP contribution in [0.25, 0.3) is 10.8 Å². The molecule has 2 aromatic carbocycles. The van der Waals surface area contributed by atoms with Crippen molar-refractivity contribution in [3.05, 3.63) is 35.9 Å². The smallest absolute Gasteiger partial charge is 0.298 e. The fraction of sp³-hybridized carbons (Fsp3) is 0.0909. The quantitative estimate of drug-likeness (QED) is 0.746. The molecule has 84 valence electrons. The van der Waals surface area contributed by atoms with E-state index in [0.717, 1.165) is 0 Å². The lowest BCUT2D eigenvalue weighted by atomic mass is 10.1. The summed E-state index contributed by atoms with van der Waals surface area (Å²) in [5, 5.41) is 10.7. The number of phenolic OH excluding ortho intramolecular Hbond substituents is 1. The van der Waals surface area contributed by atoms with Crippen molar-refractivity contribution in [2.24, 2.45) is 0 Å². The standard InChI is InChI=1S/C11H10O4S/c1-7-6-8-4-2-3-5-9(8)11(10(7)12)16(13,14)15/h2-6,12H,1H3,(H,13,14,15). The Kier molecular flexibility index (Phi) is 2.36. The van der Waals surface area contributed by atoms with E-state index in [0.29, 0.717) is 16.3 Å². The zero-order chi connectivity index (χ0) is 11.9. The predicted octanol–water partition coefficient (Wildman–Crippen LogP) is 2.10. The van der Waals surface area contributed by atoms with Gasteiger partial charge in [0.1, 0.15) is 10.6 Å². The summed E-state index contributed by atoms with van der Waals surface area (Å²) < 4.78 is 31.5. The highest BCUT2D eigenvalue weighted by Gasteiger charge is 2.20. The molecule has 2 aromatic rings. The Morgan fingerprint density at radius 3 is 2.44 bits per heavy atom. The van der Waals surface area contributed by atoms with Crippen LogP contribution in [0.5, 0.6) is 5.75 Å². The molecular formula is C11H10O4S. The Morgan fingerprint density at radius 1 is 1.19 bits per heavy atom. The van der Waals surface area contributed by atoms with Gasteiger partial charge in [0.05, 0.1) is 0 Å². The van der Waals surface area contributed by atoms with Gasteiger partial charge in [-0.25, -0.2) is 0 Å². The fourth-order valence-electron chi connectivity index (χ4n) is 1.70. The molecule has 0 bridgehead atoms. The van der Waals surface area contributed by atoms with E-state index in [1.54, 1.807) is 31.2 Å². The Bertz CT molecular complexity index is 659. The maximum absolute atomic E-state index is 11.2. The number of hydrogen-bond acceptors (Lipinski definition) is 3. The summed E-state index contributed by atoms with van der Waals surface area (Å²) in [6.07, 6.45) is 0. The number of fused-ring (bicyclic) bond motifs is 1. The van der Waals surface area contributed by atoms with Crippen molar-refractivity contribution in [3.63, 3.8) is 0 Å². The number of hydrogen-bond donors (Lipinski definition) is 2. The summed E-state index contributed by atoms with van der Waals surface area (Å²) >= 11 is 0. The van der Waals surface area contributed by atoms with Gasteiger partial charge in [0, 0.05) is 5.39 Å². The van der Waals surface area contributed by atoms with Gasteiger partial charge in [-0.05, 0) is 23.9 Å². The Balaban J connectivity index is 3.05. The van der Waals surface area contributed by atoms with Gasteiger partial charge >= 0.3 is 0 Å². The first-order chi connectivity index (χ1) is 7.41. The Morgan fingerprint density at radius 2 is 1.81 bits per heavy atom. The lowest BCUT2D eigenvalue weighted by molar-refractivity contribution is 0.442. The predicted molar refractivity (Wildman–Crippen MR) is 60.2 cm³/mol. The molecule has 0 radical (unpaired) electrons. The van der Waals surface area contributed by atoms with Crippen molar-refractivity contribution in [1.29, 1.82) is 0 Å². The maximum atomic E-state index is 11.2. The zero-order valence-corrected chi connectivity index (χ0v) is 9.32. The Labute approximate surface area is 92.9 Å². The molecular weight excluding hydrogens is 228 g/mol. The summed E-state index contributed by atoms with van der Waals surface area (Å²) in [4.78, 5) is -0.428. The molecule has 0 saturated heterocycles. The lowest BCUT2D eigenvalue weighted by Crippen LogP contribution is -2.00. The molecule has 0 fully saturated rings. The number of aromatic hydroxyl groups is 1. The second kappa shape index (κ2) is 3.47. The van der Waals surface area contributed by atoms with E-state index in [4.69, 9.17) is 4.55 Å². The average Bonchev–Trinajstić information content (AvgIpc) is 2.17. The highest BCUT2D eigenvalue weighted by atomic mass is 32.2. The van der Waals surface area contributed by atoms with Crippen LogP contribution in [0.15, 0.2) is 35.2 Å². The van der Waals surface area contributed by atoms with Crippen molar-refractivity contribution < 1.29 is 18.1 Å². The molecule has 0 heterocycles. The molecule has 2 N–H and O–H groups in total. The van der Waals surface area contributed by atoms with Crippen molar-refractivity contribution >= 4 is 20.9 Å². The van der Waals surface area contributed by atoms with Gasteiger partial charge in [-0.2, -0.15) is 8.42 Å². The lowest BCUT2D eigenvalue weighted by Gasteiger charge is -2.08. The van der Waals surface area contributed by atoms with E-state index in [1.807, 2.05) is 0 Å². The van der Waals surface area contributed by atoms with Crippen LogP contribution in [0.2, 0.25) is 0 Å². The number of rotatable bonds is 1. The molecule has 2 rings (SSSR count). The summed E-state index contributed by atoms with van der Waals surface area (Å²) in [5.74, 6) is -0.402. The molecule has 0 aliphatic heterocycles. The summed E-state index contributed by atoms with van der Waals surface area (Å²) in [7, 11) is -4.43. The highest BCUT2D eigenvalue weighted by Crippen LogP contribution is 2.34. The summed E-state index contributed by atoms with van der Waals surface area (Å²) in [5.41, 5.74) is 0.409. The second-order valence-corrected chi connectivity index (χ2v) is 4.93. The van der Waals surface area contributed by atoms with Crippen LogP contribution in [0, 0.1) is 6.92 Å². The maximum Gasteiger partial charge on any atom is 0.298 e. The van der Waals surface area contributed by atoms with Crippen LogP contribution in [0.3, 0.4) is 0 Å². The number of aryl methyl sites for hydroxylation is 1. The molecule has 0 aromatic heterocycles. The van der Waals surface area contributed by atoms with Gasteiger partial charge in [-0.3, -0.25) is 4.55 Å². The molecule has 0 amide bonds. The first-order valence-corrected chi connectivity index (χ1v) is 6.04. The van der Waals surface area contributed by atoms with Crippen LogP contribution in [0.1, 0.15) is 5.56 Å². The first-order valence-electron chi connectivity index (χ1n) is 4.60. The van der Waals surface area contributed by atoms with Crippen LogP contribution in [-0.2, 0) is 10.1 Å². The van der Waals surface area contributed by atoms with E-state index >= 15 is 0 Å². The average molecular weight is 238 g/mol. The Hall–Kier alpha value is -1.59. The second-order valence-electron chi connectivity index (χ2n) is 3.57. The van der Waals surface area contributed by atoms with Crippen molar-refractivity contribution in [1.82, 2.24) is 0 Å². The normalized spacial score (nSPS) is 11.9. The molecule has 4 nitrogen and oxygen atoms in total. The summed E-state index contributed by atoms with van der Waals surface area (Å²) in [6.45, 7) is 1.58. The monoisotopic (exact) mass is 238 g/mol. The van der Waals surface area contributed by atoms with Crippen molar-refractivity contribution in [2.75, 3.05) is 0 Å². The van der Waals surface area contributed by atoms with Gasteiger partial charge in [0.15, 0.2) is 0 Å². The van der Waals surface area contributed by atoms with Crippen LogP contribution >= 0.6 is 0 Å². The molecule has 0 atom stereocenters. The molecule has 0 unspecified atom stereocenters. The topological polar surface area (TPSA) is 74.6 Å². The first kappa shape index (κ1) is 10.9. The van der Waals surface area contributed by atoms with E-state index in [-0.39, 0.29) is 0 Å². The third-order valence-electron chi connectivity index (χ3n) is 2.42. The number of phenols is 1. The van der Waals surface area contributed by atoms with Gasteiger partial charge in [-0.15, -0.1) is 0 Å². The molecule has 16 heavy (non-hydrogen) atoms. The molecule has 5 heteroatoms. The minimum atomic E-state index is -4.43. The molecule has 0 saturated carbocycles. The minimum Gasteiger partial charge on any atom is -0.506 e. The van der Waals surface area contributed by atoms with Gasteiger partial charge in [0.25, 0.3) is 10.1 Å². The van der Waals surface area contributed by atoms with Crippen molar-refractivity contribution in [2.45, 2.75) is 11.8 Å². The molecule has 0 aliphatic carbocycles. The van der Waals surface area contributed by atoms with Gasteiger partial charge in [0.2, 0.25) is 0 Å². The van der Waals surface area contributed by atoms with Crippen LogP contribution < -0.4 is 0 Å².